The van der Waals surface area contributed by atoms with Crippen LogP contribution in [0.5, 0.6) is 0 Å². The lowest BCUT2D eigenvalue weighted by molar-refractivity contribution is -0.137. The SMILES string of the molecule is CN(c1ncc(C(F)(F)F)cc1Cl)n1cc(C(=O)/C=C/Nc2ccc(Cl)cc2)c(=O)n(Cc2ccc(F)cc2)c1=O. The number of nitrogens with one attached hydrogen (secondary N) is 1. The minimum absolute atomic E-state index is 0.257. The molecule has 0 atom stereocenters. The number of benzene rings is 2. The van der Waals surface area contributed by atoms with Gasteiger partial charge in [-0.1, -0.05) is 35.3 Å². The number of alkyl halides is 3. The van der Waals surface area contributed by atoms with Crippen molar-refractivity contribution >= 4 is 40.5 Å². The van der Waals surface area contributed by atoms with Crippen LogP contribution in [0.15, 0.2) is 88.9 Å². The summed E-state index contributed by atoms with van der Waals surface area (Å²) in [5, 5.41) is 3.91. The fourth-order valence-electron chi connectivity index (χ4n) is 3.66. The summed E-state index contributed by atoms with van der Waals surface area (Å²) in [5.41, 5.74) is -2.50. The number of carbonyl (C=O) groups is 1. The maximum absolute atomic E-state index is 13.4. The second-order valence-electron chi connectivity index (χ2n) is 8.59. The zero-order chi connectivity index (χ0) is 29.9. The standard InChI is InChI=1S/C27H19Cl2F4N5O3/c1-36(24-22(29)12-17(13-35-24)27(31,32)33)38-15-21(23(39)10-11-34-20-8-4-18(28)5-9-20)25(40)37(26(38)41)14-16-2-6-19(30)7-3-16/h2-13,15,34H,14H2,1H3/b11-10+. The van der Waals surface area contributed by atoms with Gasteiger partial charge in [-0.2, -0.15) is 13.2 Å². The molecule has 4 rings (SSSR count). The van der Waals surface area contributed by atoms with Crippen LogP contribution in [0, 0.1) is 5.82 Å². The highest BCUT2D eigenvalue weighted by molar-refractivity contribution is 6.33. The van der Waals surface area contributed by atoms with E-state index in [-0.39, 0.29) is 12.4 Å². The highest BCUT2D eigenvalue weighted by atomic mass is 35.5. The molecule has 0 radical (unpaired) electrons. The van der Waals surface area contributed by atoms with Gasteiger partial charge in [-0.25, -0.2) is 18.8 Å². The van der Waals surface area contributed by atoms with Gasteiger partial charge in [0.25, 0.3) is 5.56 Å². The molecule has 0 spiro atoms. The Morgan fingerprint density at radius 3 is 2.34 bits per heavy atom. The molecule has 0 aliphatic heterocycles. The molecule has 4 aromatic rings. The van der Waals surface area contributed by atoms with E-state index < -0.39 is 45.2 Å². The normalized spacial score (nSPS) is 11.6. The summed E-state index contributed by atoms with van der Waals surface area (Å²) >= 11 is 11.9. The van der Waals surface area contributed by atoms with Gasteiger partial charge in [0.2, 0.25) is 0 Å². The van der Waals surface area contributed by atoms with E-state index in [2.05, 4.69) is 10.3 Å². The van der Waals surface area contributed by atoms with Crippen molar-refractivity contribution in [1.29, 1.82) is 0 Å². The minimum atomic E-state index is -4.71. The van der Waals surface area contributed by atoms with Crippen molar-refractivity contribution in [2.75, 3.05) is 17.4 Å². The van der Waals surface area contributed by atoms with Crippen LogP contribution in [-0.4, -0.2) is 27.1 Å². The Morgan fingerprint density at radius 1 is 1.07 bits per heavy atom. The minimum Gasteiger partial charge on any atom is -0.362 e. The summed E-state index contributed by atoms with van der Waals surface area (Å²) in [5.74, 6) is -1.59. The predicted molar refractivity (Wildman–Crippen MR) is 147 cm³/mol. The van der Waals surface area contributed by atoms with Gasteiger partial charge in [-0.15, -0.1) is 0 Å². The second kappa shape index (κ2) is 12.0. The molecule has 0 unspecified atom stereocenters. The molecule has 0 saturated heterocycles. The van der Waals surface area contributed by atoms with E-state index in [1.54, 1.807) is 24.3 Å². The lowest BCUT2D eigenvalue weighted by atomic mass is 10.2. The Hall–Kier alpha value is -4.42. The Balaban J connectivity index is 1.77. The lowest BCUT2D eigenvalue weighted by Gasteiger charge is -2.23. The number of aromatic nitrogens is 3. The van der Waals surface area contributed by atoms with Crippen LogP contribution in [0.1, 0.15) is 21.5 Å². The molecule has 212 valence electrons. The van der Waals surface area contributed by atoms with Gasteiger partial charge in [0.1, 0.15) is 11.4 Å². The molecule has 2 aromatic heterocycles. The third kappa shape index (κ3) is 6.84. The molecule has 0 fully saturated rings. The van der Waals surface area contributed by atoms with Crippen LogP contribution < -0.4 is 21.6 Å². The lowest BCUT2D eigenvalue weighted by Crippen LogP contribution is -2.47. The highest BCUT2D eigenvalue weighted by Crippen LogP contribution is 2.33. The fraction of sp³-hybridized carbons (Fsp3) is 0.111. The molecule has 0 aliphatic carbocycles. The number of hydrogen-bond donors (Lipinski definition) is 1. The zero-order valence-electron chi connectivity index (χ0n) is 21.0. The van der Waals surface area contributed by atoms with E-state index in [0.717, 1.165) is 38.7 Å². The molecule has 8 nitrogen and oxygen atoms in total. The molecular weight excluding hydrogens is 589 g/mol. The van der Waals surface area contributed by atoms with Crippen LogP contribution in [-0.2, 0) is 12.7 Å². The number of hydrogen-bond acceptors (Lipinski definition) is 6. The molecule has 0 bridgehead atoms. The molecule has 0 aliphatic rings. The monoisotopic (exact) mass is 607 g/mol. The first-order valence-electron chi connectivity index (χ1n) is 11.7. The van der Waals surface area contributed by atoms with Crippen LogP contribution in [0.4, 0.5) is 29.1 Å². The van der Waals surface area contributed by atoms with E-state index >= 15 is 0 Å². The molecule has 2 aromatic carbocycles. The van der Waals surface area contributed by atoms with Gasteiger partial charge >= 0.3 is 11.9 Å². The van der Waals surface area contributed by atoms with E-state index in [9.17, 15) is 31.9 Å². The quantitative estimate of drug-likeness (QED) is 0.159. The highest BCUT2D eigenvalue weighted by Gasteiger charge is 2.32. The molecule has 2 heterocycles. The summed E-state index contributed by atoms with van der Waals surface area (Å²) in [6.07, 6.45) is -0.890. The van der Waals surface area contributed by atoms with E-state index in [1.807, 2.05) is 0 Å². The van der Waals surface area contributed by atoms with Crippen molar-refractivity contribution in [3.05, 3.63) is 133 Å². The molecule has 41 heavy (non-hydrogen) atoms. The number of nitrogens with zero attached hydrogens (tertiary/aromatic N) is 4. The van der Waals surface area contributed by atoms with Gasteiger partial charge < -0.3 is 5.32 Å². The van der Waals surface area contributed by atoms with Crippen molar-refractivity contribution in [2.45, 2.75) is 12.7 Å². The number of allylic oxidation sites excluding steroid dienone is 1. The predicted octanol–water partition coefficient (Wildman–Crippen LogP) is 5.63. The van der Waals surface area contributed by atoms with Crippen LogP contribution in [0.3, 0.4) is 0 Å². The van der Waals surface area contributed by atoms with Crippen molar-refractivity contribution in [3.63, 3.8) is 0 Å². The molecular formula is C27H19Cl2F4N5O3. The second-order valence-corrected chi connectivity index (χ2v) is 9.43. The topological polar surface area (TPSA) is 89.2 Å². The Kier molecular flexibility index (Phi) is 8.64. The maximum atomic E-state index is 13.4. The van der Waals surface area contributed by atoms with E-state index in [0.29, 0.717) is 28.5 Å². The molecule has 0 amide bonds. The number of pyridine rings is 1. The van der Waals surface area contributed by atoms with E-state index in [1.165, 1.54) is 25.4 Å². The van der Waals surface area contributed by atoms with Crippen molar-refractivity contribution in [1.82, 2.24) is 14.2 Å². The number of halogens is 6. The molecule has 1 N–H and O–H groups in total. The molecule has 14 heteroatoms. The number of ketones is 1. The van der Waals surface area contributed by atoms with Gasteiger partial charge in [-0.3, -0.25) is 19.2 Å². The van der Waals surface area contributed by atoms with Crippen molar-refractivity contribution in [3.8, 4) is 0 Å². The number of rotatable bonds is 8. The first kappa shape index (κ1) is 29.6. The fourth-order valence-corrected chi connectivity index (χ4v) is 4.07. The van der Waals surface area contributed by atoms with E-state index in [4.69, 9.17) is 23.2 Å². The smallest absolute Gasteiger partial charge is 0.362 e. The van der Waals surface area contributed by atoms with Crippen molar-refractivity contribution in [2.24, 2.45) is 0 Å². The Bertz CT molecular complexity index is 1730. The Labute approximate surface area is 239 Å². The summed E-state index contributed by atoms with van der Waals surface area (Å²) in [7, 11) is 1.27. The number of carbonyl (C=O) groups excluding carboxylic acids is 1. The summed E-state index contributed by atoms with van der Waals surface area (Å²) in [6.45, 7) is -0.339. The first-order valence-corrected chi connectivity index (χ1v) is 12.4. The van der Waals surface area contributed by atoms with Crippen molar-refractivity contribution < 1.29 is 22.4 Å². The average Bonchev–Trinajstić information content (AvgIpc) is 2.92. The Morgan fingerprint density at radius 2 is 1.73 bits per heavy atom. The van der Waals surface area contributed by atoms with Crippen LogP contribution >= 0.6 is 23.2 Å². The zero-order valence-corrected chi connectivity index (χ0v) is 22.5. The number of anilines is 2. The van der Waals surface area contributed by atoms with Crippen LogP contribution in [0.2, 0.25) is 10.0 Å². The third-order valence-electron chi connectivity index (χ3n) is 5.78. The average molecular weight is 608 g/mol. The first-order chi connectivity index (χ1) is 19.3. The maximum Gasteiger partial charge on any atom is 0.417 e. The van der Waals surface area contributed by atoms with Gasteiger partial charge in [-0.05, 0) is 48.0 Å². The van der Waals surface area contributed by atoms with Gasteiger partial charge in [0, 0.05) is 42.4 Å². The summed E-state index contributed by atoms with van der Waals surface area (Å²) in [6, 6.07) is 12.2. The summed E-state index contributed by atoms with van der Waals surface area (Å²) < 4.78 is 54.3. The van der Waals surface area contributed by atoms with Gasteiger partial charge in [0.05, 0.1) is 17.1 Å². The summed E-state index contributed by atoms with van der Waals surface area (Å²) in [4.78, 5) is 43.6. The third-order valence-corrected chi connectivity index (χ3v) is 6.31. The van der Waals surface area contributed by atoms with Crippen LogP contribution in [0.25, 0.3) is 0 Å². The van der Waals surface area contributed by atoms with Gasteiger partial charge in [0.15, 0.2) is 11.6 Å². The largest absolute Gasteiger partial charge is 0.417 e. The molecule has 0 saturated carbocycles.